The minimum Gasteiger partial charge on any atom is -0.384 e. The highest BCUT2D eigenvalue weighted by atomic mass is 16.5. The lowest BCUT2D eigenvalue weighted by molar-refractivity contribution is 0.0847. The first-order valence-electron chi connectivity index (χ1n) is 4.63. The van der Waals surface area contributed by atoms with Crippen molar-refractivity contribution in [1.82, 2.24) is 9.55 Å². The van der Waals surface area contributed by atoms with Crippen molar-refractivity contribution in [2.24, 2.45) is 7.05 Å². The van der Waals surface area contributed by atoms with E-state index in [4.69, 9.17) is 10.5 Å². The van der Waals surface area contributed by atoms with Crippen LogP contribution in [0.15, 0.2) is 6.33 Å². The zero-order valence-electron chi connectivity index (χ0n) is 7.86. The summed E-state index contributed by atoms with van der Waals surface area (Å²) in [6, 6.07) is 0. The minimum absolute atomic E-state index is 0.495. The van der Waals surface area contributed by atoms with Crippen LogP contribution in [0.5, 0.6) is 0 Å². The van der Waals surface area contributed by atoms with E-state index in [1.807, 2.05) is 11.6 Å². The van der Waals surface area contributed by atoms with Gasteiger partial charge in [-0.25, -0.2) is 4.98 Å². The van der Waals surface area contributed by atoms with Crippen LogP contribution < -0.4 is 5.73 Å². The van der Waals surface area contributed by atoms with Gasteiger partial charge in [-0.2, -0.15) is 0 Å². The second kappa shape index (κ2) is 3.38. The molecule has 4 heteroatoms. The van der Waals surface area contributed by atoms with Crippen molar-refractivity contribution in [2.75, 3.05) is 18.9 Å². The molecule has 4 nitrogen and oxygen atoms in total. The Kier molecular flexibility index (Phi) is 2.22. The fraction of sp³-hybridized carbons (Fsp3) is 0.667. The summed E-state index contributed by atoms with van der Waals surface area (Å²) in [7, 11) is 1.92. The number of hydrogen-bond donors (Lipinski definition) is 1. The molecule has 0 spiro atoms. The first-order chi connectivity index (χ1) is 6.29. The van der Waals surface area contributed by atoms with Crippen LogP contribution in [0.3, 0.4) is 0 Å². The molecule has 0 aromatic carbocycles. The maximum atomic E-state index is 5.89. The first-order valence-corrected chi connectivity index (χ1v) is 4.63. The number of imidazole rings is 1. The molecular weight excluding hydrogens is 166 g/mol. The predicted octanol–water partition coefficient (Wildman–Crippen LogP) is 0.896. The average molecular weight is 181 g/mol. The Morgan fingerprint density at radius 2 is 2.23 bits per heavy atom. The third kappa shape index (κ3) is 1.54. The van der Waals surface area contributed by atoms with E-state index in [1.165, 1.54) is 0 Å². The van der Waals surface area contributed by atoms with Gasteiger partial charge in [0, 0.05) is 26.2 Å². The quantitative estimate of drug-likeness (QED) is 0.700. The third-order valence-electron chi connectivity index (χ3n) is 2.62. The molecule has 0 atom stereocenters. The van der Waals surface area contributed by atoms with Gasteiger partial charge in [0.25, 0.3) is 0 Å². The smallest absolute Gasteiger partial charge is 0.126 e. The van der Waals surface area contributed by atoms with E-state index in [-0.39, 0.29) is 0 Å². The minimum atomic E-state index is 0.495. The van der Waals surface area contributed by atoms with E-state index >= 15 is 0 Å². The van der Waals surface area contributed by atoms with Crippen molar-refractivity contribution in [1.29, 1.82) is 0 Å². The highest BCUT2D eigenvalue weighted by Gasteiger charge is 2.20. The molecule has 2 rings (SSSR count). The molecule has 0 amide bonds. The fourth-order valence-electron chi connectivity index (χ4n) is 1.74. The number of hydrogen-bond acceptors (Lipinski definition) is 3. The molecule has 13 heavy (non-hydrogen) atoms. The summed E-state index contributed by atoms with van der Waals surface area (Å²) in [6.07, 6.45) is 3.86. The molecule has 2 heterocycles. The van der Waals surface area contributed by atoms with Crippen LogP contribution in [0, 0.1) is 0 Å². The van der Waals surface area contributed by atoms with E-state index in [1.54, 1.807) is 6.33 Å². The van der Waals surface area contributed by atoms with Gasteiger partial charge in [-0.3, -0.25) is 0 Å². The van der Waals surface area contributed by atoms with E-state index in [0.717, 1.165) is 37.6 Å². The molecule has 0 saturated carbocycles. The standard InChI is InChI=1S/C9H15N3O/c1-12-6-11-8(9(12)10)7-2-4-13-5-3-7/h6-7H,2-5,10H2,1H3. The van der Waals surface area contributed by atoms with Gasteiger partial charge >= 0.3 is 0 Å². The average Bonchev–Trinajstić information content (AvgIpc) is 2.49. The number of nitrogens with zero attached hydrogens (tertiary/aromatic N) is 2. The van der Waals surface area contributed by atoms with Crippen LogP contribution in [0.1, 0.15) is 24.5 Å². The second-order valence-electron chi connectivity index (χ2n) is 3.51. The van der Waals surface area contributed by atoms with Crippen LogP contribution in [-0.2, 0) is 11.8 Å². The summed E-state index contributed by atoms with van der Waals surface area (Å²) < 4.78 is 7.16. The third-order valence-corrected chi connectivity index (χ3v) is 2.62. The van der Waals surface area contributed by atoms with Crippen LogP contribution in [0.2, 0.25) is 0 Å². The van der Waals surface area contributed by atoms with Crippen LogP contribution in [0.25, 0.3) is 0 Å². The number of rotatable bonds is 1. The molecule has 1 fully saturated rings. The maximum Gasteiger partial charge on any atom is 0.126 e. The van der Waals surface area contributed by atoms with Crippen LogP contribution in [-0.4, -0.2) is 22.8 Å². The Morgan fingerprint density at radius 3 is 2.77 bits per heavy atom. The molecule has 72 valence electrons. The van der Waals surface area contributed by atoms with Gasteiger partial charge in [0.2, 0.25) is 0 Å². The number of nitrogen functional groups attached to an aromatic ring is 1. The van der Waals surface area contributed by atoms with Crippen molar-refractivity contribution in [2.45, 2.75) is 18.8 Å². The summed E-state index contributed by atoms with van der Waals surface area (Å²) >= 11 is 0. The highest BCUT2D eigenvalue weighted by Crippen LogP contribution is 2.28. The largest absolute Gasteiger partial charge is 0.384 e. The van der Waals surface area contributed by atoms with Gasteiger partial charge in [0.1, 0.15) is 5.82 Å². The molecule has 0 bridgehead atoms. The lowest BCUT2D eigenvalue weighted by Gasteiger charge is -2.20. The van der Waals surface area contributed by atoms with Gasteiger partial charge in [0.05, 0.1) is 12.0 Å². The molecule has 1 aliphatic rings. The Labute approximate surface area is 77.7 Å². The maximum absolute atomic E-state index is 5.89. The van der Waals surface area contributed by atoms with E-state index in [9.17, 15) is 0 Å². The van der Waals surface area contributed by atoms with Gasteiger partial charge in [-0.15, -0.1) is 0 Å². The number of aromatic nitrogens is 2. The summed E-state index contributed by atoms with van der Waals surface area (Å²) in [5, 5.41) is 0. The summed E-state index contributed by atoms with van der Waals surface area (Å²) in [6.45, 7) is 1.67. The second-order valence-corrected chi connectivity index (χ2v) is 3.51. The summed E-state index contributed by atoms with van der Waals surface area (Å²) in [5.74, 6) is 1.29. The van der Waals surface area contributed by atoms with Crippen molar-refractivity contribution >= 4 is 5.82 Å². The molecule has 1 saturated heterocycles. The number of aryl methyl sites for hydroxylation is 1. The summed E-state index contributed by atoms with van der Waals surface area (Å²) in [5.41, 5.74) is 6.94. The molecule has 1 aromatic heterocycles. The number of nitrogens with two attached hydrogens (primary N) is 1. The number of ether oxygens (including phenoxy) is 1. The molecule has 2 N–H and O–H groups in total. The normalized spacial score (nSPS) is 19.2. The molecule has 1 aliphatic heterocycles. The Hall–Kier alpha value is -1.03. The van der Waals surface area contributed by atoms with Crippen molar-refractivity contribution in [3.8, 4) is 0 Å². The zero-order valence-corrected chi connectivity index (χ0v) is 7.86. The van der Waals surface area contributed by atoms with Gasteiger partial charge in [0.15, 0.2) is 0 Å². The number of anilines is 1. The molecular formula is C9H15N3O. The van der Waals surface area contributed by atoms with Gasteiger partial charge < -0.3 is 15.0 Å². The van der Waals surface area contributed by atoms with Crippen molar-refractivity contribution < 1.29 is 4.74 Å². The molecule has 0 unspecified atom stereocenters. The first kappa shape index (κ1) is 8.56. The predicted molar refractivity (Wildman–Crippen MR) is 50.4 cm³/mol. The molecule has 0 aliphatic carbocycles. The van der Waals surface area contributed by atoms with Crippen LogP contribution >= 0.6 is 0 Å². The van der Waals surface area contributed by atoms with Crippen molar-refractivity contribution in [3.05, 3.63) is 12.0 Å². The topological polar surface area (TPSA) is 53.1 Å². The van der Waals surface area contributed by atoms with Gasteiger partial charge in [-0.1, -0.05) is 0 Å². The zero-order chi connectivity index (χ0) is 9.26. The Bertz CT molecular complexity index is 289. The Balaban J connectivity index is 2.18. The van der Waals surface area contributed by atoms with E-state index in [0.29, 0.717) is 5.92 Å². The lowest BCUT2D eigenvalue weighted by atomic mass is 9.96. The highest BCUT2D eigenvalue weighted by molar-refractivity contribution is 5.38. The fourth-order valence-corrected chi connectivity index (χ4v) is 1.74. The monoisotopic (exact) mass is 181 g/mol. The van der Waals surface area contributed by atoms with Crippen molar-refractivity contribution in [3.63, 3.8) is 0 Å². The summed E-state index contributed by atoms with van der Waals surface area (Å²) in [4.78, 5) is 4.32. The van der Waals surface area contributed by atoms with Crippen LogP contribution in [0.4, 0.5) is 5.82 Å². The lowest BCUT2D eigenvalue weighted by Crippen LogP contribution is -2.15. The molecule has 0 radical (unpaired) electrons. The van der Waals surface area contributed by atoms with Gasteiger partial charge in [-0.05, 0) is 12.8 Å². The SMILES string of the molecule is Cn1cnc(C2CCOCC2)c1N. The van der Waals surface area contributed by atoms with E-state index in [2.05, 4.69) is 4.98 Å². The Morgan fingerprint density at radius 1 is 1.54 bits per heavy atom. The molecule has 1 aromatic rings. The van der Waals surface area contributed by atoms with E-state index < -0.39 is 0 Å².